The lowest BCUT2D eigenvalue weighted by Gasteiger charge is -2.21. The van der Waals surface area contributed by atoms with Gasteiger partial charge in [0.2, 0.25) is 0 Å². The lowest BCUT2D eigenvalue weighted by Crippen LogP contribution is -2.30. The van der Waals surface area contributed by atoms with Gasteiger partial charge in [-0.3, -0.25) is 37.3 Å². The van der Waals surface area contributed by atoms with Crippen molar-refractivity contribution in [2.75, 3.05) is 39.6 Å². The van der Waals surface area contributed by atoms with Gasteiger partial charge < -0.3 is 33.8 Å². The molecule has 5 atom stereocenters. The Kier molecular flexibility index (Phi) is 87.3. The van der Waals surface area contributed by atoms with Crippen molar-refractivity contribution >= 4 is 39.5 Å². The number of unbranched alkanes of at least 4 members (excludes halogenated alkanes) is 70. The SMILES string of the molecule is CCCCCCCCCCCCCCCCCCCCCCCCC(=O)O[C@H](COC(=O)CCCCCCCCCCCCCCCCCCCCCC)COP(=O)(O)OC[C@@H](O)COP(=O)(O)OC[C@@H](COC(=O)CCCCCCCCCCCCCC)OC(=O)CCCCCCCCCCCCCCCCCCCCCC. The normalized spacial score (nSPS) is 13.6. The molecule has 0 aliphatic carbocycles. The van der Waals surface area contributed by atoms with Gasteiger partial charge >= 0.3 is 39.5 Å². The van der Waals surface area contributed by atoms with Crippen LogP contribution in [0.2, 0.25) is 0 Å². The minimum absolute atomic E-state index is 0.110. The number of rotatable bonds is 96. The summed E-state index contributed by atoms with van der Waals surface area (Å²) in [6.45, 7) is 5.11. The summed E-state index contributed by atoms with van der Waals surface area (Å²) in [5, 5.41) is 10.7. The van der Waals surface area contributed by atoms with E-state index in [0.717, 1.165) is 89.9 Å². The van der Waals surface area contributed by atoms with Gasteiger partial charge in [-0.15, -0.1) is 0 Å². The van der Waals surface area contributed by atoms with Crippen LogP contribution in [0.1, 0.15) is 529 Å². The number of ether oxygens (including phenoxy) is 4. The fourth-order valence-corrected chi connectivity index (χ4v) is 16.7. The van der Waals surface area contributed by atoms with Crippen LogP contribution in [0.3, 0.4) is 0 Å². The molecule has 17 nitrogen and oxygen atoms in total. The van der Waals surface area contributed by atoms with Crippen LogP contribution in [-0.2, 0) is 65.4 Å². The number of hydrogen-bond donors (Lipinski definition) is 3. The van der Waals surface area contributed by atoms with Crippen molar-refractivity contribution in [1.82, 2.24) is 0 Å². The molecule has 0 aromatic rings. The van der Waals surface area contributed by atoms with E-state index in [4.69, 9.17) is 37.0 Å². The number of carbonyl (C=O) groups excluding carboxylic acids is 4. The zero-order chi connectivity index (χ0) is 83.1. The second-order valence-electron chi connectivity index (χ2n) is 34.1. The Balaban J connectivity index is 5.23. The molecular formula is C95H186O17P2. The first-order valence-corrected chi connectivity index (χ1v) is 52.3. The van der Waals surface area contributed by atoms with Gasteiger partial charge in [0.15, 0.2) is 12.2 Å². The summed E-state index contributed by atoms with van der Waals surface area (Å²) < 4.78 is 69.2. The Hall–Kier alpha value is -1.94. The third kappa shape index (κ3) is 87.9. The first-order valence-electron chi connectivity index (χ1n) is 49.3. The van der Waals surface area contributed by atoms with E-state index in [1.165, 1.54) is 360 Å². The maximum absolute atomic E-state index is 13.2. The van der Waals surface area contributed by atoms with Crippen molar-refractivity contribution in [1.29, 1.82) is 0 Å². The van der Waals surface area contributed by atoms with Crippen molar-refractivity contribution in [3.05, 3.63) is 0 Å². The zero-order valence-corrected chi connectivity index (χ0v) is 76.9. The number of phosphoric acid groups is 2. The summed E-state index contributed by atoms with van der Waals surface area (Å²) in [6, 6.07) is 0. The van der Waals surface area contributed by atoms with E-state index in [1.807, 2.05) is 0 Å². The van der Waals surface area contributed by atoms with Gasteiger partial charge in [0, 0.05) is 25.7 Å². The Bertz CT molecular complexity index is 2140. The lowest BCUT2D eigenvalue weighted by atomic mass is 10.0. The minimum atomic E-state index is -4.97. The average molecular weight is 1660 g/mol. The first-order chi connectivity index (χ1) is 55.7. The highest BCUT2D eigenvalue weighted by atomic mass is 31.2. The summed E-state index contributed by atoms with van der Waals surface area (Å²) in [5.41, 5.74) is 0. The highest BCUT2D eigenvalue weighted by Gasteiger charge is 2.31. The standard InChI is InChI=1S/C95H186O17P2/c1-5-9-13-17-21-25-29-33-36-39-42-45-46-49-52-55-58-62-66-70-74-78-82-95(100)112-91(86-106-93(98)80-76-72-68-64-60-56-53-50-47-43-40-37-34-30-26-22-18-14-10-6-2)88-110-114(103,104)108-84-89(96)83-107-113(101,102)109-87-90(85-105-92(97)79-75-71-67-63-59-32-28-24-20-16-12-8-4)111-94(99)81-77-73-69-65-61-57-54-51-48-44-41-38-35-31-27-23-19-15-11-7-3/h89-91,96H,5-88H2,1-4H3,(H,101,102)(H,103,104)/t89-,90+,91+/m0/s1. The molecule has 0 saturated heterocycles. The minimum Gasteiger partial charge on any atom is -0.462 e. The number of esters is 4. The molecule has 0 rings (SSSR count). The molecule has 0 aliphatic rings. The van der Waals surface area contributed by atoms with Crippen molar-refractivity contribution in [2.24, 2.45) is 0 Å². The number of carbonyl (C=O) groups is 4. The smallest absolute Gasteiger partial charge is 0.462 e. The summed E-state index contributed by atoms with van der Waals surface area (Å²) >= 11 is 0. The van der Waals surface area contributed by atoms with Crippen LogP contribution in [0.25, 0.3) is 0 Å². The summed E-state index contributed by atoms with van der Waals surface area (Å²) in [7, 11) is -9.94. The molecular weight excluding hydrogens is 1470 g/mol. The van der Waals surface area contributed by atoms with Crippen molar-refractivity contribution in [3.63, 3.8) is 0 Å². The molecule has 2 unspecified atom stereocenters. The quantitative estimate of drug-likeness (QED) is 0.0222. The average Bonchev–Trinajstić information content (AvgIpc) is 0.900. The molecule has 0 aliphatic heterocycles. The predicted octanol–water partition coefficient (Wildman–Crippen LogP) is 30.0. The fraction of sp³-hybridized carbons (Fsp3) is 0.958. The molecule has 678 valence electrons. The third-order valence-electron chi connectivity index (χ3n) is 22.6. The number of phosphoric ester groups is 2. The van der Waals surface area contributed by atoms with Crippen LogP contribution >= 0.6 is 15.6 Å². The van der Waals surface area contributed by atoms with E-state index >= 15 is 0 Å². The molecule has 0 spiro atoms. The van der Waals surface area contributed by atoms with Gasteiger partial charge in [-0.2, -0.15) is 0 Å². The fourth-order valence-electron chi connectivity index (χ4n) is 15.1. The van der Waals surface area contributed by atoms with E-state index in [-0.39, 0.29) is 25.7 Å². The van der Waals surface area contributed by atoms with Crippen LogP contribution < -0.4 is 0 Å². The molecule has 0 heterocycles. The van der Waals surface area contributed by atoms with Crippen LogP contribution in [0.4, 0.5) is 0 Å². The molecule has 19 heteroatoms. The molecule has 0 amide bonds. The van der Waals surface area contributed by atoms with E-state index in [0.29, 0.717) is 25.7 Å². The Morgan fingerprint density at radius 3 is 0.518 bits per heavy atom. The van der Waals surface area contributed by atoms with Gasteiger partial charge in [0.05, 0.1) is 26.4 Å². The molecule has 0 aromatic heterocycles. The maximum atomic E-state index is 13.2. The second kappa shape index (κ2) is 88.8. The van der Waals surface area contributed by atoms with Gasteiger partial charge in [0.1, 0.15) is 19.3 Å². The first kappa shape index (κ1) is 112. The molecule has 0 bridgehead atoms. The van der Waals surface area contributed by atoms with E-state index < -0.39 is 97.5 Å². The maximum Gasteiger partial charge on any atom is 0.472 e. The van der Waals surface area contributed by atoms with Crippen molar-refractivity contribution in [2.45, 2.75) is 547 Å². The highest BCUT2D eigenvalue weighted by Crippen LogP contribution is 2.45. The van der Waals surface area contributed by atoms with Crippen LogP contribution in [-0.4, -0.2) is 96.7 Å². The summed E-state index contributed by atoms with van der Waals surface area (Å²) in [4.78, 5) is 73.6. The Morgan fingerprint density at radius 2 is 0.351 bits per heavy atom. The van der Waals surface area contributed by atoms with Gasteiger partial charge in [-0.25, -0.2) is 9.13 Å². The second-order valence-corrected chi connectivity index (χ2v) is 37.0. The van der Waals surface area contributed by atoms with Crippen LogP contribution in [0.5, 0.6) is 0 Å². The number of aliphatic hydroxyl groups is 1. The summed E-state index contributed by atoms with van der Waals surface area (Å²) in [6.07, 6.45) is 87.7. The van der Waals surface area contributed by atoms with E-state index in [1.54, 1.807) is 0 Å². The Morgan fingerprint density at radius 1 is 0.211 bits per heavy atom. The van der Waals surface area contributed by atoms with Gasteiger partial charge in [-0.1, -0.05) is 477 Å². The number of hydrogen-bond acceptors (Lipinski definition) is 15. The molecule has 0 aromatic carbocycles. The van der Waals surface area contributed by atoms with Gasteiger partial charge in [0.25, 0.3) is 0 Å². The van der Waals surface area contributed by atoms with E-state index in [2.05, 4.69) is 27.7 Å². The predicted molar refractivity (Wildman–Crippen MR) is 474 cm³/mol. The topological polar surface area (TPSA) is 237 Å². The van der Waals surface area contributed by atoms with Crippen LogP contribution in [0, 0.1) is 0 Å². The summed E-state index contributed by atoms with van der Waals surface area (Å²) in [5.74, 6) is -2.09. The molecule has 0 radical (unpaired) electrons. The van der Waals surface area contributed by atoms with Gasteiger partial charge in [-0.05, 0) is 25.7 Å². The molecule has 114 heavy (non-hydrogen) atoms. The Labute approximate surface area is 702 Å². The largest absolute Gasteiger partial charge is 0.472 e. The lowest BCUT2D eigenvalue weighted by molar-refractivity contribution is -0.161. The molecule has 0 fully saturated rings. The number of aliphatic hydroxyl groups excluding tert-OH is 1. The van der Waals surface area contributed by atoms with E-state index in [9.17, 15) is 43.2 Å². The van der Waals surface area contributed by atoms with Crippen LogP contribution in [0.15, 0.2) is 0 Å². The third-order valence-corrected chi connectivity index (χ3v) is 24.5. The van der Waals surface area contributed by atoms with Crippen molar-refractivity contribution < 1.29 is 80.2 Å². The monoisotopic (exact) mass is 1660 g/mol. The highest BCUT2D eigenvalue weighted by molar-refractivity contribution is 7.47. The zero-order valence-electron chi connectivity index (χ0n) is 75.1. The molecule has 3 N–H and O–H groups in total. The van der Waals surface area contributed by atoms with Crippen molar-refractivity contribution in [3.8, 4) is 0 Å². The molecule has 0 saturated carbocycles.